The maximum atomic E-state index is 12.8. The van der Waals surface area contributed by atoms with Gasteiger partial charge in [-0.25, -0.2) is 0 Å². The number of carbonyl (C=O) groups excluding carboxylic acids is 3. The van der Waals surface area contributed by atoms with Gasteiger partial charge in [0.25, 0.3) is 16.8 Å². The molecule has 0 spiro atoms. The van der Waals surface area contributed by atoms with Crippen molar-refractivity contribution in [2.45, 2.75) is 13.8 Å². The quantitative estimate of drug-likeness (QED) is 0.264. The van der Waals surface area contributed by atoms with Gasteiger partial charge in [-0.3, -0.25) is 29.4 Å². The van der Waals surface area contributed by atoms with Crippen molar-refractivity contribution in [3.8, 4) is 17.1 Å². The van der Waals surface area contributed by atoms with E-state index in [1.807, 2.05) is 26.0 Å². The molecule has 0 radical (unpaired) electrons. The Kier molecular flexibility index (Phi) is 6.93. The predicted octanol–water partition coefficient (Wildman–Crippen LogP) is 5.16. The number of nitrogens with one attached hydrogen (secondary N) is 1. The summed E-state index contributed by atoms with van der Waals surface area (Å²) in [6, 6.07) is 12.9. The lowest BCUT2D eigenvalue weighted by Gasteiger charge is -2.13. The second-order valence-corrected chi connectivity index (χ2v) is 8.97. The monoisotopic (exact) mass is 507 g/mol. The maximum absolute atomic E-state index is 12.8. The van der Waals surface area contributed by atoms with Crippen molar-refractivity contribution in [2.75, 3.05) is 19.0 Å². The first-order valence-corrected chi connectivity index (χ1v) is 11.5. The van der Waals surface area contributed by atoms with Crippen molar-refractivity contribution in [2.24, 2.45) is 0 Å². The molecule has 11 heteroatoms. The lowest BCUT2D eigenvalue weighted by atomic mass is 10.1. The molecule has 2 aromatic carbocycles. The van der Waals surface area contributed by atoms with Crippen LogP contribution in [0.3, 0.4) is 0 Å². The van der Waals surface area contributed by atoms with E-state index in [2.05, 4.69) is 5.32 Å². The number of non-ortho nitro benzene ring substituents is 1. The Morgan fingerprint density at radius 1 is 1.17 bits per heavy atom. The fourth-order valence-corrected chi connectivity index (χ4v) is 4.44. The minimum Gasteiger partial charge on any atom is -0.496 e. The summed E-state index contributed by atoms with van der Waals surface area (Å²) >= 11 is 0.707. The summed E-state index contributed by atoms with van der Waals surface area (Å²) in [6.07, 6.45) is 1.41. The van der Waals surface area contributed by atoms with Crippen LogP contribution in [0.15, 0.2) is 57.9 Å². The van der Waals surface area contributed by atoms with Crippen LogP contribution in [-0.4, -0.2) is 40.5 Å². The average molecular weight is 508 g/mol. The first-order valence-electron chi connectivity index (χ1n) is 10.7. The molecule has 10 nitrogen and oxygen atoms in total. The topological polar surface area (TPSA) is 132 Å². The number of ether oxygens (including phenoxy) is 1. The predicted molar refractivity (Wildman–Crippen MR) is 135 cm³/mol. The minimum absolute atomic E-state index is 0.107. The molecule has 1 aliphatic rings. The van der Waals surface area contributed by atoms with Crippen molar-refractivity contribution in [1.82, 2.24) is 4.90 Å². The van der Waals surface area contributed by atoms with Gasteiger partial charge in [0.15, 0.2) is 0 Å². The number of nitro groups is 1. The molecular formula is C25H21N3O7S. The van der Waals surface area contributed by atoms with Crippen molar-refractivity contribution >= 4 is 46.3 Å². The molecule has 3 aromatic rings. The molecule has 1 N–H and O–H groups in total. The molecule has 2 heterocycles. The highest BCUT2D eigenvalue weighted by molar-refractivity contribution is 8.18. The van der Waals surface area contributed by atoms with E-state index >= 15 is 0 Å². The summed E-state index contributed by atoms with van der Waals surface area (Å²) in [4.78, 5) is 49.2. The van der Waals surface area contributed by atoms with Gasteiger partial charge in [-0.05, 0) is 55.4 Å². The number of nitrogens with zero attached hydrogens (tertiary/aromatic N) is 2. The van der Waals surface area contributed by atoms with Gasteiger partial charge in [0.05, 0.1) is 28.6 Å². The number of anilines is 1. The molecule has 3 amide bonds. The van der Waals surface area contributed by atoms with Gasteiger partial charge in [0, 0.05) is 17.8 Å². The number of furan rings is 1. The van der Waals surface area contributed by atoms with Gasteiger partial charge in [-0.1, -0.05) is 17.7 Å². The zero-order valence-corrected chi connectivity index (χ0v) is 20.4. The van der Waals surface area contributed by atoms with E-state index in [0.717, 1.165) is 16.0 Å². The Bertz CT molecular complexity index is 1430. The van der Waals surface area contributed by atoms with Gasteiger partial charge in [-0.2, -0.15) is 0 Å². The van der Waals surface area contributed by atoms with Crippen LogP contribution in [-0.2, 0) is 9.59 Å². The van der Waals surface area contributed by atoms with E-state index in [-0.39, 0.29) is 22.1 Å². The van der Waals surface area contributed by atoms with E-state index in [0.29, 0.717) is 28.8 Å². The zero-order valence-electron chi connectivity index (χ0n) is 19.6. The number of thioether (sulfide) groups is 1. The number of aryl methyl sites for hydroxylation is 2. The van der Waals surface area contributed by atoms with Crippen LogP contribution in [0.1, 0.15) is 16.9 Å². The summed E-state index contributed by atoms with van der Waals surface area (Å²) in [5.74, 6) is -0.196. The van der Waals surface area contributed by atoms with E-state index < -0.39 is 28.5 Å². The zero-order chi connectivity index (χ0) is 26.0. The average Bonchev–Trinajstić information content (AvgIpc) is 3.40. The van der Waals surface area contributed by atoms with E-state index in [1.165, 1.54) is 31.4 Å². The van der Waals surface area contributed by atoms with Crippen molar-refractivity contribution in [3.63, 3.8) is 0 Å². The van der Waals surface area contributed by atoms with Gasteiger partial charge < -0.3 is 14.5 Å². The molecule has 184 valence electrons. The highest BCUT2D eigenvalue weighted by Crippen LogP contribution is 2.36. The van der Waals surface area contributed by atoms with E-state index in [9.17, 15) is 24.5 Å². The Balaban J connectivity index is 1.48. The molecule has 1 saturated heterocycles. The molecule has 36 heavy (non-hydrogen) atoms. The van der Waals surface area contributed by atoms with Crippen LogP contribution in [0.5, 0.6) is 5.75 Å². The van der Waals surface area contributed by atoms with Crippen molar-refractivity contribution < 1.29 is 28.5 Å². The van der Waals surface area contributed by atoms with Crippen LogP contribution in [0, 0.1) is 24.0 Å². The van der Waals surface area contributed by atoms with Crippen LogP contribution in [0.25, 0.3) is 17.4 Å². The first kappa shape index (κ1) is 24.7. The molecule has 0 saturated carbocycles. The second kappa shape index (κ2) is 10.1. The first-order chi connectivity index (χ1) is 17.2. The van der Waals surface area contributed by atoms with E-state index in [4.69, 9.17) is 9.15 Å². The summed E-state index contributed by atoms with van der Waals surface area (Å²) in [6.45, 7) is 3.38. The molecular weight excluding hydrogens is 486 g/mol. The number of imide groups is 1. The fraction of sp³-hybridized carbons (Fsp3) is 0.160. The van der Waals surface area contributed by atoms with Crippen molar-refractivity contribution in [1.29, 1.82) is 0 Å². The maximum Gasteiger partial charge on any atom is 0.294 e. The Hall–Kier alpha value is -4.38. The molecule has 0 atom stereocenters. The lowest BCUT2D eigenvalue weighted by molar-refractivity contribution is -0.384. The van der Waals surface area contributed by atoms with Crippen LogP contribution in [0.2, 0.25) is 0 Å². The minimum atomic E-state index is -0.605. The summed E-state index contributed by atoms with van der Waals surface area (Å²) in [7, 11) is 1.39. The fourth-order valence-electron chi connectivity index (χ4n) is 3.62. The third kappa shape index (κ3) is 5.15. The number of hydrogen-bond acceptors (Lipinski definition) is 8. The number of benzene rings is 2. The summed E-state index contributed by atoms with van der Waals surface area (Å²) < 4.78 is 11.0. The van der Waals surface area contributed by atoms with Gasteiger partial charge in [-0.15, -0.1) is 0 Å². The summed E-state index contributed by atoms with van der Waals surface area (Å²) in [5, 5.41) is 13.2. The molecule has 0 unspecified atom stereocenters. The lowest BCUT2D eigenvalue weighted by Crippen LogP contribution is -2.36. The van der Waals surface area contributed by atoms with Crippen LogP contribution < -0.4 is 10.1 Å². The highest BCUT2D eigenvalue weighted by Gasteiger charge is 2.36. The summed E-state index contributed by atoms with van der Waals surface area (Å²) in [5.41, 5.74) is 2.89. The number of amides is 3. The largest absolute Gasteiger partial charge is 0.496 e. The van der Waals surface area contributed by atoms with Gasteiger partial charge >= 0.3 is 0 Å². The number of carbonyl (C=O) groups is 3. The standard InChI is InChI=1S/C25H21N3O7S/c1-14-4-8-19(15(2)10-14)26-23(29)13-27-24(30)22(36-25(27)31)12-17-6-9-20(35-17)18-7-5-16(28(32)33)11-21(18)34-3/h4-12H,13H2,1-3H3,(H,26,29)/b22-12+. The van der Waals surface area contributed by atoms with Crippen LogP contribution >= 0.6 is 11.8 Å². The van der Waals surface area contributed by atoms with E-state index in [1.54, 1.807) is 18.2 Å². The van der Waals surface area contributed by atoms with Gasteiger partial charge in [0.1, 0.15) is 23.8 Å². The molecule has 1 fully saturated rings. The molecule has 0 aliphatic carbocycles. The molecule has 4 rings (SSSR count). The van der Waals surface area contributed by atoms with Crippen LogP contribution in [0.4, 0.5) is 16.2 Å². The third-order valence-electron chi connectivity index (χ3n) is 5.39. The molecule has 0 bridgehead atoms. The normalized spacial score (nSPS) is 14.4. The Labute approximate surface area is 210 Å². The number of methoxy groups -OCH3 is 1. The third-order valence-corrected chi connectivity index (χ3v) is 6.30. The second-order valence-electron chi connectivity index (χ2n) is 7.98. The van der Waals surface area contributed by atoms with Gasteiger partial charge in [0.2, 0.25) is 5.91 Å². The number of rotatable bonds is 7. The number of hydrogen-bond donors (Lipinski definition) is 1. The number of nitro benzene ring substituents is 1. The molecule has 1 aromatic heterocycles. The molecule has 1 aliphatic heterocycles. The smallest absolute Gasteiger partial charge is 0.294 e. The SMILES string of the molecule is COc1cc([N+](=O)[O-])ccc1-c1ccc(/C=C2/SC(=O)N(CC(=O)Nc3ccc(C)cc3C)C2=O)o1. The Morgan fingerprint density at radius 2 is 1.94 bits per heavy atom. The van der Waals surface area contributed by atoms with Crippen molar-refractivity contribution in [3.05, 3.63) is 80.4 Å². The highest BCUT2D eigenvalue weighted by atomic mass is 32.2. The Morgan fingerprint density at radius 3 is 2.64 bits per heavy atom.